The molecule has 0 saturated carbocycles. The van der Waals surface area contributed by atoms with Crippen molar-refractivity contribution in [2.45, 2.75) is 12.5 Å². The summed E-state index contributed by atoms with van der Waals surface area (Å²) < 4.78 is 4.55. The predicted octanol–water partition coefficient (Wildman–Crippen LogP) is 0.940. The van der Waals surface area contributed by atoms with E-state index in [-0.39, 0.29) is 0 Å². The van der Waals surface area contributed by atoms with Crippen LogP contribution in [0.3, 0.4) is 0 Å². The van der Waals surface area contributed by atoms with Crippen LogP contribution in [0.15, 0.2) is 22.4 Å². The van der Waals surface area contributed by atoms with Gasteiger partial charge in [0, 0.05) is 0 Å². The van der Waals surface area contributed by atoms with Crippen LogP contribution in [-0.2, 0) is 9.53 Å². The summed E-state index contributed by atoms with van der Waals surface area (Å²) in [6.07, 6.45) is 0. The Morgan fingerprint density at radius 2 is 2.45 bits per heavy atom. The lowest BCUT2D eigenvalue weighted by Crippen LogP contribution is -2.34. The van der Waals surface area contributed by atoms with Gasteiger partial charge in [0.25, 0.3) is 0 Å². The minimum atomic E-state index is -0.936. The van der Waals surface area contributed by atoms with Crippen molar-refractivity contribution in [2.24, 2.45) is 10.2 Å². The number of nitrogens with zero attached hydrogens (tertiary/aromatic N) is 2. The largest absolute Gasteiger partial charge is 0.467 e. The van der Waals surface area contributed by atoms with Crippen LogP contribution in [0.5, 0.6) is 0 Å². The summed E-state index contributed by atoms with van der Waals surface area (Å²) in [6.45, 7) is 5.76. The fourth-order valence-corrected chi connectivity index (χ4v) is 0.871. The van der Waals surface area contributed by atoms with Crippen molar-refractivity contribution in [3.8, 4) is 0 Å². The van der Waals surface area contributed by atoms with Crippen LogP contribution >= 0.6 is 0 Å². The number of hydrogen-bond donors (Lipinski definition) is 0. The molecule has 4 heteroatoms. The molecule has 1 aliphatic heterocycles. The number of azo groups is 1. The molecule has 0 amide bonds. The molecule has 0 spiro atoms. The van der Waals surface area contributed by atoms with Crippen LogP contribution in [0.25, 0.3) is 0 Å². The number of esters is 1. The second kappa shape index (κ2) is 2.45. The fourth-order valence-electron chi connectivity index (χ4n) is 0.871. The Balaban J connectivity index is 2.89. The van der Waals surface area contributed by atoms with E-state index >= 15 is 0 Å². The van der Waals surface area contributed by atoms with E-state index in [4.69, 9.17) is 0 Å². The maximum atomic E-state index is 11.1. The summed E-state index contributed by atoms with van der Waals surface area (Å²) in [6, 6.07) is 0. The predicted molar refractivity (Wildman–Crippen MR) is 39.3 cm³/mol. The lowest BCUT2D eigenvalue weighted by Gasteiger charge is -2.16. The average molecular weight is 154 g/mol. The third-order valence-corrected chi connectivity index (χ3v) is 1.80. The highest BCUT2D eigenvalue weighted by Crippen LogP contribution is 2.27. The molecule has 0 radical (unpaired) electrons. The van der Waals surface area contributed by atoms with E-state index < -0.39 is 11.5 Å². The average Bonchev–Trinajstić information content (AvgIpc) is 2.32. The Kier molecular flexibility index (Phi) is 1.76. The Labute approximate surface area is 65.0 Å². The van der Waals surface area contributed by atoms with Gasteiger partial charge in [0.1, 0.15) is 0 Å². The number of rotatable bonds is 1. The van der Waals surface area contributed by atoms with Gasteiger partial charge in [-0.2, -0.15) is 10.2 Å². The summed E-state index contributed by atoms with van der Waals surface area (Å²) in [5.74, 6) is -0.399. The minimum Gasteiger partial charge on any atom is -0.467 e. The standard InChI is InChI=1S/C7H10N2O2/c1-5-4-8-9-7(5,2)6(10)11-3/h1,4H2,2-3H3. The Morgan fingerprint density at radius 1 is 1.82 bits per heavy atom. The smallest absolute Gasteiger partial charge is 0.339 e. The zero-order valence-corrected chi connectivity index (χ0v) is 6.63. The second-order valence-electron chi connectivity index (χ2n) is 2.57. The molecule has 4 nitrogen and oxygen atoms in total. The van der Waals surface area contributed by atoms with E-state index in [9.17, 15) is 4.79 Å². The molecule has 0 fully saturated rings. The molecule has 0 bridgehead atoms. The van der Waals surface area contributed by atoms with Crippen molar-refractivity contribution >= 4 is 5.97 Å². The van der Waals surface area contributed by atoms with Crippen LogP contribution in [0.2, 0.25) is 0 Å². The molecule has 1 heterocycles. The minimum absolute atomic E-state index is 0.399. The van der Waals surface area contributed by atoms with Gasteiger partial charge >= 0.3 is 5.97 Å². The monoisotopic (exact) mass is 154 g/mol. The number of methoxy groups -OCH3 is 1. The van der Waals surface area contributed by atoms with Gasteiger partial charge in [-0.3, -0.25) is 0 Å². The zero-order chi connectivity index (χ0) is 8.48. The van der Waals surface area contributed by atoms with Crippen LogP contribution < -0.4 is 0 Å². The summed E-state index contributed by atoms with van der Waals surface area (Å²) in [4.78, 5) is 11.1. The van der Waals surface area contributed by atoms with Crippen LogP contribution in [0, 0.1) is 0 Å². The van der Waals surface area contributed by atoms with E-state index in [1.54, 1.807) is 6.92 Å². The summed E-state index contributed by atoms with van der Waals surface area (Å²) in [5.41, 5.74) is -0.251. The van der Waals surface area contributed by atoms with Crippen LogP contribution in [0.1, 0.15) is 6.92 Å². The van der Waals surface area contributed by atoms with Crippen molar-refractivity contribution in [3.05, 3.63) is 12.2 Å². The van der Waals surface area contributed by atoms with E-state index in [1.165, 1.54) is 7.11 Å². The molecule has 11 heavy (non-hydrogen) atoms. The molecule has 1 atom stereocenters. The Bertz CT molecular complexity index is 235. The van der Waals surface area contributed by atoms with Crippen molar-refractivity contribution in [1.29, 1.82) is 0 Å². The number of carbonyl (C=O) groups excluding carboxylic acids is 1. The molecule has 0 aromatic rings. The van der Waals surface area contributed by atoms with Crippen molar-refractivity contribution in [1.82, 2.24) is 0 Å². The van der Waals surface area contributed by atoms with E-state index in [2.05, 4.69) is 21.5 Å². The van der Waals surface area contributed by atoms with Crippen LogP contribution in [-0.4, -0.2) is 25.2 Å². The first-order valence-corrected chi connectivity index (χ1v) is 3.26. The molecule has 1 rings (SSSR count). The third-order valence-electron chi connectivity index (χ3n) is 1.80. The molecule has 60 valence electrons. The summed E-state index contributed by atoms with van der Waals surface area (Å²) in [5, 5.41) is 7.48. The van der Waals surface area contributed by atoms with Gasteiger partial charge in [-0.15, -0.1) is 0 Å². The van der Waals surface area contributed by atoms with E-state index in [1.807, 2.05) is 0 Å². The Morgan fingerprint density at radius 3 is 2.82 bits per heavy atom. The fraction of sp³-hybridized carbons (Fsp3) is 0.571. The second-order valence-corrected chi connectivity index (χ2v) is 2.57. The first-order valence-electron chi connectivity index (χ1n) is 3.26. The van der Waals surface area contributed by atoms with Crippen molar-refractivity contribution < 1.29 is 9.53 Å². The lowest BCUT2D eigenvalue weighted by molar-refractivity contribution is -0.144. The van der Waals surface area contributed by atoms with Gasteiger partial charge in [0.05, 0.1) is 13.7 Å². The molecule has 0 N–H and O–H groups in total. The number of ether oxygens (including phenoxy) is 1. The van der Waals surface area contributed by atoms with Gasteiger partial charge in [0.15, 0.2) is 5.54 Å². The third kappa shape index (κ3) is 1.04. The van der Waals surface area contributed by atoms with E-state index in [0.717, 1.165) is 0 Å². The van der Waals surface area contributed by atoms with Crippen molar-refractivity contribution in [2.75, 3.05) is 13.7 Å². The number of carbonyl (C=O) groups is 1. The molecule has 0 aliphatic carbocycles. The SMILES string of the molecule is C=C1CN=NC1(C)C(=O)OC. The highest BCUT2D eigenvalue weighted by molar-refractivity contribution is 5.84. The Hall–Kier alpha value is -1.19. The maximum Gasteiger partial charge on any atom is 0.339 e. The van der Waals surface area contributed by atoms with Gasteiger partial charge in [0.2, 0.25) is 0 Å². The molecule has 1 aliphatic rings. The van der Waals surface area contributed by atoms with Gasteiger partial charge < -0.3 is 4.74 Å². The van der Waals surface area contributed by atoms with E-state index in [0.29, 0.717) is 12.1 Å². The molecule has 0 saturated heterocycles. The van der Waals surface area contributed by atoms with Crippen LogP contribution in [0.4, 0.5) is 0 Å². The molecular formula is C7H10N2O2. The lowest BCUT2D eigenvalue weighted by atomic mass is 9.96. The van der Waals surface area contributed by atoms with Crippen molar-refractivity contribution in [3.63, 3.8) is 0 Å². The summed E-state index contributed by atoms with van der Waals surface area (Å²) in [7, 11) is 1.33. The molecule has 1 unspecified atom stereocenters. The van der Waals surface area contributed by atoms with Gasteiger partial charge in [-0.1, -0.05) is 6.58 Å². The highest BCUT2D eigenvalue weighted by Gasteiger charge is 2.40. The van der Waals surface area contributed by atoms with Gasteiger partial charge in [-0.25, -0.2) is 4.79 Å². The number of hydrogen-bond acceptors (Lipinski definition) is 4. The highest BCUT2D eigenvalue weighted by atomic mass is 16.5. The molecule has 0 aromatic heterocycles. The topological polar surface area (TPSA) is 51.0 Å². The van der Waals surface area contributed by atoms with Gasteiger partial charge in [-0.05, 0) is 12.5 Å². The first-order chi connectivity index (χ1) is 5.11. The maximum absolute atomic E-state index is 11.1. The summed E-state index contributed by atoms with van der Waals surface area (Å²) >= 11 is 0. The molecule has 0 aromatic carbocycles. The first kappa shape index (κ1) is 7.91. The quantitative estimate of drug-likeness (QED) is 0.417. The zero-order valence-electron chi connectivity index (χ0n) is 6.63. The molecular weight excluding hydrogens is 144 g/mol. The normalized spacial score (nSPS) is 29.1.